The first kappa shape index (κ1) is 19.3. The van der Waals surface area contributed by atoms with Gasteiger partial charge in [-0.05, 0) is 37.2 Å². The third-order valence-corrected chi connectivity index (χ3v) is 4.84. The molecule has 1 aromatic carbocycles. The second-order valence-corrected chi connectivity index (χ2v) is 7.11. The third-order valence-electron chi connectivity index (χ3n) is 4.84. The molecule has 1 aromatic heterocycles. The Hall–Kier alpha value is -2.45. The largest absolute Gasteiger partial charge is 0.497 e. The Morgan fingerprint density at radius 3 is 2.74 bits per heavy atom. The van der Waals surface area contributed by atoms with Crippen LogP contribution in [0.4, 0.5) is 0 Å². The number of amides is 1. The Labute approximate surface area is 159 Å². The monoisotopic (exact) mass is 373 g/mol. The number of hydrogen-bond acceptors (Lipinski definition) is 7. The fourth-order valence-corrected chi connectivity index (χ4v) is 3.08. The van der Waals surface area contributed by atoms with E-state index in [1.165, 1.54) is 0 Å². The first-order valence-corrected chi connectivity index (χ1v) is 9.19. The van der Waals surface area contributed by atoms with Crippen LogP contribution < -0.4 is 15.4 Å². The van der Waals surface area contributed by atoms with Gasteiger partial charge in [-0.3, -0.25) is 9.69 Å². The zero-order chi connectivity index (χ0) is 19.4. The Kier molecular flexibility index (Phi) is 6.08. The van der Waals surface area contributed by atoms with E-state index < -0.39 is 0 Å². The van der Waals surface area contributed by atoms with Crippen LogP contribution in [0.15, 0.2) is 28.8 Å². The Bertz CT molecular complexity index is 759. The quantitative estimate of drug-likeness (QED) is 0.797. The molecular formula is C19H27N5O3. The Morgan fingerprint density at radius 1 is 1.37 bits per heavy atom. The summed E-state index contributed by atoms with van der Waals surface area (Å²) in [5.41, 5.74) is 0.553. The van der Waals surface area contributed by atoms with E-state index >= 15 is 0 Å². The van der Waals surface area contributed by atoms with Crippen molar-refractivity contribution >= 4 is 5.91 Å². The number of carbonyl (C=O) groups is 1. The summed E-state index contributed by atoms with van der Waals surface area (Å²) in [4.78, 5) is 19.4. The molecule has 0 saturated carbocycles. The van der Waals surface area contributed by atoms with Gasteiger partial charge in [0.15, 0.2) is 5.82 Å². The summed E-state index contributed by atoms with van der Waals surface area (Å²) < 4.78 is 10.6. The smallest absolute Gasteiger partial charge is 0.251 e. The second-order valence-electron chi connectivity index (χ2n) is 7.11. The lowest BCUT2D eigenvalue weighted by Gasteiger charge is -2.30. The number of hydrogen-bond donors (Lipinski definition) is 2. The topological polar surface area (TPSA) is 92.5 Å². The van der Waals surface area contributed by atoms with Crippen molar-refractivity contribution in [2.45, 2.75) is 25.9 Å². The van der Waals surface area contributed by atoms with Gasteiger partial charge in [0.1, 0.15) is 11.8 Å². The van der Waals surface area contributed by atoms with Crippen LogP contribution in [-0.4, -0.2) is 54.7 Å². The molecule has 2 heterocycles. The van der Waals surface area contributed by atoms with Crippen LogP contribution in [-0.2, 0) is 0 Å². The Morgan fingerprint density at radius 2 is 2.11 bits per heavy atom. The van der Waals surface area contributed by atoms with Crippen molar-refractivity contribution in [1.82, 2.24) is 25.7 Å². The number of piperazine rings is 1. The molecule has 1 aliphatic rings. The normalized spacial score (nSPS) is 19.1. The second kappa shape index (κ2) is 8.49. The molecule has 2 unspecified atom stereocenters. The molecule has 0 radical (unpaired) electrons. The van der Waals surface area contributed by atoms with E-state index in [2.05, 4.69) is 25.7 Å². The summed E-state index contributed by atoms with van der Waals surface area (Å²) in [6.07, 6.45) is 0. The average molecular weight is 373 g/mol. The van der Waals surface area contributed by atoms with E-state index in [-0.39, 0.29) is 23.9 Å². The number of rotatable bonds is 6. The number of nitrogens with one attached hydrogen (secondary N) is 2. The predicted octanol–water partition coefficient (Wildman–Crippen LogP) is 1.78. The summed E-state index contributed by atoms with van der Waals surface area (Å²) in [6, 6.07) is 6.69. The van der Waals surface area contributed by atoms with Gasteiger partial charge in [-0.15, -0.1) is 0 Å². The van der Waals surface area contributed by atoms with E-state index in [0.29, 0.717) is 23.0 Å². The third kappa shape index (κ3) is 4.45. The standard InChI is InChI=1S/C19H27N5O3/c1-12(2)16(21-18(25)13-5-7-14(26-4)8-6-13)19-22-17(23-27-19)15-11-20-9-10-24(15)3/h5-8,12,15-16,20H,9-11H2,1-4H3,(H,21,25). The number of methoxy groups -OCH3 is 1. The van der Waals surface area contributed by atoms with Crippen molar-refractivity contribution in [3.05, 3.63) is 41.5 Å². The van der Waals surface area contributed by atoms with Gasteiger partial charge in [-0.25, -0.2) is 0 Å². The number of carbonyl (C=O) groups excluding carboxylic acids is 1. The van der Waals surface area contributed by atoms with Gasteiger partial charge in [0.2, 0.25) is 5.89 Å². The highest BCUT2D eigenvalue weighted by molar-refractivity contribution is 5.94. The highest BCUT2D eigenvalue weighted by Gasteiger charge is 2.29. The van der Waals surface area contributed by atoms with E-state index in [9.17, 15) is 4.79 Å². The molecular weight excluding hydrogens is 346 g/mol. The summed E-state index contributed by atoms with van der Waals surface area (Å²) in [5, 5.41) is 10.5. The maximum atomic E-state index is 12.6. The molecule has 0 bridgehead atoms. The molecule has 0 spiro atoms. The van der Waals surface area contributed by atoms with Gasteiger partial charge in [0, 0.05) is 25.2 Å². The first-order valence-electron chi connectivity index (χ1n) is 9.19. The minimum atomic E-state index is -0.359. The average Bonchev–Trinajstić information content (AvgIpc) is 3.15. The van der Waals surface area contributed by atoms with Crippen LogP contribution in [0.25, 0.3) is 0 Å². The van der Waals surface area contributed by atoms with Crippen molar-refractivity contribution in [2.24, 2.45) is 5.92 Å². The van der Waals surface area contributed by atoms with Gasteiger partial charge in [0.25, 0.3) is 5.91 Å². The van der Waals surface area contributed by atoms with Crippen molar-refractivity contribution in [2.75, 3.05) is 33.8 Å². The SMILES string of the molecule is COc1ccc(C(=O)NC(c2nc(C3CNCCN3C)no2)C(C)C)cc1. The minimum Gasteiger partial charge on any atom is -0.497 e. The summed E-state index contributed by atoms with van der Waals surface area (Å²) in [6.45, 7) is 6.68. The van der Waals surface area contributed by atoms with Gasteiger partial charge in [0.05, 0.1) is 13.2 Å². The van der Waals surface area contributed by atoms with Gasteiger partial charge in [-0.1, -0.05) is 19.0 Å². The molecule has 27 heavy (non-hydrogen) atoms. The van der Waals surface area contributed by atoms with Crippen LogP contribution in [0, 0.1) is 5.92 Å². The fraction of sp³-hybridized carbons (Fsp3) is 0.526. The Balaban J connectivity index is 1.74. The lowest BCUT2D eigenvalue weighted by Crippen LogP contribution is -2.44. The van der Waals surface area contributed by atoms with Crippen LogP contribution in [0.5, 0.6) is 5.75 Å². The molecule has 1 amide bonds. The van der Waals surface area contributed by atoms with Crippen LogP contribution in [0.3, 0.4) is 0 Å². The molecule has 2 aromatic rings. The molecule has 8 heteroatoms. The molecule has 3 rings (SSSR count). The maximum absolute atomic E-state index is 12.6. The highest BCUT2D eigenvalue weighted by atomic mass is 16.5. The van der Waals surface area contributed by atoms with Gasteiger partial charge in [-0.2, -0.15) is 4.98 Å². The van der Waals surface area contributed by atoms with Crippen LogP contribution in [0.2, 0.25) is 0 Å². The van der Waals surface area contributed by atoms with Crippen LogP contribution in [0.1, 0.15) is 48.0 Å². The predicted molar refractivity (Wildman–Crippen MR) is 101 cm³/mol. The van der Waals surface area contributed by atoms with Crippen molar-refractivity contribution < 1.29 is 14.1 Å². The molecule has 0 aliphatic carbocycles. The molecule has 8 nitrogen and oxygen atoms in total. The van der Waals surface area contributed by atoms with E-state index in [0.717, 1.165) is 19.6 Å². The van der Waals surface area contributed by atoms with E-state index in [1.54, 1.807) is 31.4 Å². The minimum absolute atomic E-state index is 0.0707. The number of nitrogens with zero attached hydrogens (tertiary/aromatic N) is 3. The van der Waals surface area contributed by atoms with Crippen molar-refractivity contribution in [3.63, 3.8) is 0 Å². The molecule has 1 fully saturated rings. The molecule has 146 valence electrons. The van der Waals surface area contributed by atoms with Crippen molar-refractivity contribution in [1.29, 1.82) is 0 Å². The van der Waals surface area contributed by atoms with E-state index in [1.807, 2.05) is 20.9 Å². The summed E-state index contributed by atoms with van der Waals surface area (Å²) in [7, 11) is 3.64. The maximum Gasteiger partial charge on any atom is 0.251 e. The van der Waals surface area contributed by atoms with Crippen molar-refractivity contribution in [3.8, 4) is 5.75 Å². The van der Waals surface area contributed by atoms with Crippen LogP contribution >= 0.6 is 0 Å². The number of benzene rings is 1. The lowest BCUT2D eigenvalue weighted by atomic mass is 10.0. The molecule has 2 atom stereocenters. The fourth-order valence-electron chi connectivity index (χ4n) is 3.08. The number of ether oxygens (including phenoxy) is 1. The first-order chi connectivity index (χ1) is 13.0. The summed E-state index contributed by atoms with van der Waals surface area (Å²) >= 11 is 0. The lowest BCUT2D eigenvalue weighted by molar-refractivity contribution is 0.0914. The number of likely N-dealkylation sites (N-methyl/N-ethyl adjacent to an activating group) is 1. The molecule has 2 N–H and O–H groups in total. The van der Waals surface area contributed by atoms with Gasteiger partial charge >= 0.3 is 0 Å². The molecule has 1 saturated heterocycles. The number of aromatic nitrogens is 2. The zero-order valence-corrected chi connectivity index (χ0v) is 16.2. The van der Waals surface area contributed by atoms with E-state index in [4.69, 9.17) is 9.26 Å². The molecule has 1 aliphatic heterocycles. The zero-order valence-electron chi connectivity index (χ0n) is 16.2. The summed E-state index contributed by atoms with van der Waals surface area (Å²) in [5.74, 6) is 1.69. The van der Waals surface area contributed by atoms with Gasteiger partial charge < -0.3 is 19.9 Å². The highest BCUT2D eigenvalue weighted by Crippen LogP contribution is 2.24.